The fourth-order valence-corrected chi connectivity index (χ4v) is 1.62. The quantitative estimate of drug-likeness (QED) is 0.579. The first kappa shape index (κ1) is 14.3. The minimum atomic E-state index is 1.14. The molecule has 0 fully saturated rings. The highest BCUT2D eigenvalue weighted by Gasteiger charge is 1.79. The molecule has 2 heterocycles. The molecule has 0 aliphatic carbocycles. The number of aryl methyl sites for hydroxylation is 1. The molecule has 0 saturated carbocycles. The number of benzene rings is 1. The largest absolute Gasteiger partial charge is 0.473 e. The highest BCUT2D eigenvalue weighted by atomic mass is 32.1. The third-order valence-electron chi connectivity index (χ3n) is 2.10. The van der Waals surface area contributed by atoms with E-state index in [4.69, 9.17) is 0 Å². The van der Waals surface area contributed by atoms with Gasteiger partial charge in [0.25, 0.3) is 0 Å². The van der Waals surface area contributed by atoms with Gasteiger partial charge in [0.15, 0.2) is 0 Å². The van der Waals surface area contributed by atoms with Crippen molar-refractivity contribution in [1.29, 1.82) is 0 Å². The summed E-state index contributed by atoms with van der Waals surface area (Å²) >= 11 is 1.71. The van der Waals surface area contributed by atoms with Crippen LogP contribution in [0.5, 0.6) is 0 Å². The van der Waals surface area contributed by atoms with Crippen molar-refractivity contribution in [3.05, 3.63) is 83.4 Å². The summed E-state index contributed by atoms with van der Waals surface area (Å²) in [4.78, 5) is 0. The molecule has 0 aliphatic rings. The molecular weight excluding hydrogens is 240 g/mol. The van der Waals surface area contributed by atoms with Crippen molar-refractivity contribution in [1.82, 2.24) is 0 Å². The Morgan fingerprint density at radius 2 is 1.44 bits per heavy atom. The molecular formula is C16H18OS. The second-order valence-electron chi connectivity index (χ2n) is 3.43. The summed E-state index contributed by atoms with van der Waals surface area (Å²) in [6.45, 7) is 2.16. The monoisotopic (exact) mass is 258 g/mol. The lowest BCUT2D eigenvalue weighted by atomic mass is 10.2. The summed E-state index contributed by atoms with van der Waals surface area (Å²) in [5, 5.41) is 4.08. The van der Waals surface area contributed by atoms with E-state index in [1.54, 1.807) is 23.9 Å². The van der Waals surface area contributed by atoms with Gasteiger partial charge in [0, 0.05) is 0 Å². The van der Waals surface area contributed by atoms with Crippen LogP contribution in [0.15, 0.2) is 82.3 Å². The van der Waals surface area contributed by atoms with Gasteiger partial charge in [-0.05, 0) is 34.9 Å². The SMILES string of the molecule is CCc1ccccc1.c1ccoc1.c1ccsc1. The maximum absolute atomic E-state index is 4.58. The Balaban J connectivity index is 0.000000141. The van der Waals surface area contributed by atoms with E-state index in [1.165, 1.54) is 5.56 Å². The molecule has 3 rings (SSSR count). The zero-order chi connectivity index (χ0) is 12.9. The Kier molecular flexibility index (Phi) is 8.21. The lowest BCUT2D eigenvalue weighted by molar-refractivity contribution is 0.567. The molecule has 0 amide bonds. The molecule has 2 heteroatoms. The molecule has 0 radical (unpaired) electrons. The van der Waals surface area contributed by atoms with Gasteiger partial charge in [-0.25, -0.2) is 0 Å². The van der Waals surface area contributed by atoms with Crippen molar-refractivity contribution in [2.45, 2.75) is 13.3 Å². The van der Waals surface area contributed by atoms with Gasteiger partial charge < -0.3 is 4.42 Å². The van der Waals surface area contributed by atoms with Crippen molar-refractivity contribution in [2.24, 2.45) is 0 Å². The molecule has 0 bridgehead atoms. The summed E-state index contributed by atoms with van der Waals surface area (Å²) in [6, 6.07) is 18.2. The van der Waals surface area contributed by atoms with Gasteiger partial charge in [-0.2, -0.15) is 11.3 Å². The number of hydrogen-bond acceptors (Lipinski definition) is 2. The Bertz CT molecular complexity index is 382. The molecule has 3 aromatic rings. The molecule has 1 aromatic carbocycles. The van der Waals surface area contributed by atoms with Crippen LogP contribution < -0.4 is 0 Å². The second kappa shape index (κ2) is 10.4. The van der Waals surface area contributed by atoms with Crippen molar-refractivity contribution < 1.29 is 4.42 Å². The summed E-state index contributed by atoms with van der Waals surface area (Å²) < 4.78 is 4.58. The number of hydrogen-bond donors (Lipinski definition) is 0. The normalized spacial score (nSPS) is 8.50. The molecule has 0 saturated heterocycles. The molecule has 0 spiro atoms. The Labute approximate surface area is 113 Å². The number of rotatable bonds is 1. The van der Waals surface area contributed by atoms with E-state index in [0.717, 1.165) is 6.42 Å². The van der Waals surface area contributed by atoms with E-state index in [-0.39, 0.29) is 0 Å². The Morgan fingerprint density at radius 1 is 0.833 bits per heavy atom. The molecule has 0 aliphatic heterocycles. The van der Waals surface area contributed by atoms with Gasteiger partial charge in [0.05, 0.1) is 12.5 Å². The molecule has 18 heavy (non-hydrogen) atoms. The topological polar surface area (TPSA) is 13.1 Å². The zero-order valence-electron chi connectivity index (χ0n) is 10.5. The molecule has 2 aromatic heterocycles. The van der Waals surface area contributed by atoms with Crippen LogP contribution >= 0.6 is 11.3 Å². The maximum atomic E-state index is 4.58. The number of thiophene rings is 1. The van der Waals surface area contributed by atoms with Crippen LogP contribution in [-0.4, -0.2) is 0 Å². The van der Waals surface area contributed by atoms with Crippen molar-refractivity contribution in [3.8, 4) is 0 Å². The summed E-state index contributed by atoms with van der Waals surface area (Å²) in [5.41, 5.74) is 1.41. The van der Waals surface area contributed by atoms with Gasteiger partial charge in [-0.15, -0.1) is 0 Å². The molecule has 0 atom stereocenters. The van der Waals surface area contributed by atoms with E-state index < -0.39 is 0 Å². The minimum Gasteiger partial charge on any atom is -0.473 e. The second-order valence-corrected chi connectivity index (χ2v) is 4.24. The predicted octanol–water partition coefficient (Wildman–Crippen LogP) is 5.28. The van der Waals surface area contributed by atoms with Gasteiger partial charge in [0.2, 0.25) is 0 Å². The van der Waals surface area contributed by atoms with Gasteiger partial charge in [-0.1, -0.05) is 49.4 Å². The van der Waals surface area contributed by atoms with Crippen LogP contribution in [0.3, 0.4) is 0 Å². The summed E-state index contributed by atoms with van der Waals surface area (Å²) in [5.74, 6) is 0. The Morgan fingerprint density at radius 3 is 1.72 bits per heavy atom. The van der Waals surface area contributed by atoms with Crippen molar-refractivity contribution in [3.63, 3.8) is 0 Å². The predicted molar refractivity (Wildman–Crippen MR) is 78.8 cm³/mol. The lowest BCUT2D eigenvalue weighted by Gasteiger charge is -1.89. The third kappa shape index (κ3) is 7.47. The van der Waals surface area contributed by atoms with Crippen molar-refractivity contribution in [2.75, 3.05) is 0 Å². The van der Waals surface area contributed by atoms with Crippen LogP contribution in [0.1, 0.15) is 12.5 Å². The smallest absolute Gasteiger partial charge is 0.0902 e. The van der Waals surface area contributed by atoms with Crippen LogP contribution in [0, 0.1) is 0 Å². The lowest BCUT2D eigenvalue weighted by Crippen LogP contribution is -1.73. The molecule has 94 valence electrons. The van der Waals surface area contributed by atoms with Gasteiger partial charge >= 0.3 is 0 Å². The molecule has 0 unspecified atom stereocenters. The highest BCUT2D eigenvalue weighted by Crippen LogP contribution is 1.96. The van der Waals surface area contributed by atoms with E-state index in [2.05, 4.69) is 35.6 Å². The van der Waals surface area contributed by atoms with Crippen LogP contribution in [0.2, 0.25) is 0 Å². The minimum absolute atomic E-state index is 1.14. The van der Waals surface area contributed by atoms with E-state index in [1.807, 2.05) is 41.1 Å². The summed E-state index contributed by atoms with van der Waals surface area (Å²) in [7, 11) is 0. The Hall–Kier alpha value is -1.80. The van der Waals surface area contributed by atoms with Crippen LogP contribution in [-0.2, 0) is 6.42 Å². The standard InChI is InChI=1S/C8H10.C4H4O.C4H4S/c1-2-8-6-4-3-5-7-8;2*1-2-4-5-3-1/h3-7H,2H2,1H3;2*1-4H. The first-order valence-corrected chi connectivity index (χ1v) is 6.86. The first-order valence-electron chi connectivity index (χ1n) is 5.91. The van der Waals surface area contributed by atoms with Crippen LogP contribution in [0.25, 0.3) is 0 Å². The number of furan rings is 1. The average Bonchev–Trinajstić information content (AvgIpc) is 3.17. The van der Waals surface area contributed by atoms with Gasteiger partial charge in [-0.3, -0.25) is 0 Å². The fraction of sp³-hybridized carbons (Fsp3) is 0.125. The fourth-order valence-electron chi connectivity index (χ4n) is 1.17. The maximum Gasteiger partial charge on any atom is 0.0902 e. The van der Waals surface area contributed by atoms with Crippen LogP contribution in [0.4, 0.5) is 0 Å². The van der Waals surface area contributed by atoms with Crippen molar-refractivity contribution >= 4 is 11.3 Å². The zero-order valence-corrected chi connectivity index (χ0v) is 11.3. The average molecular weight is 258 g/mol. The highest BCUT2D eigenvalue weighted by molar-refractivity contribution is 7.07. The van der Waals surface area contributed by atoms with Gasteiger partial charge in [0.1, 0.15) is 0 Å². The summed E-state index contributed by atoms with van der Waals surface area (Å²) in [6.07, 6.45) is 4.39. The van der Waals surface area contributed by atoms with E-state index in [9.17, 15) is 0 Å². The van der Waals surface area contributed by atoms with E-state index in [0.29, 0.717) is 0 Å². The van der Waals surface area contributed by atoms with E-state index >= 15 is 0 Å². The first-order chi connectivity index (χ1) is 8.93. The molecule has 0 N–H and O–H groups in total. The third-order valence-corrected chi connectivity index (χ3v) is 2.73. The molecule has 1 nitrogen and oxygen atoms in total.